The van der Waals surface area contributed by atoms with Crippen molar-refractivity contribution in [2.75, 3.05) is 33.3 Å². The summed E-state index contributed by atoms with van der Waals surface area (Å²) in [4.78, 5) is 3.70. The van der Waals surface area contributed by atoms with Crippen LogP contribution in [0.25, 0.3) is 0 Å². The van der Waals surface area contributed by atoms with Crippen molar-refractivity contribution >= 4 is 27.3 Å². The van der Waals surface area contributed by atoms with Crippen LogP contribution in [0.15, 0.2) is 15.9 Å². The number of ether oxygens (including phenoxy) is 1. The average Bonchev–Trinajstić information content (AvgIpc) is 2.65. The van der Waals surface area contributed by atoms with Gasteiger partial charge in [-0.05, 0) is 29.0 Å². The van der Waals surface area contributed by atoms with Crippen molar-refractivity contribution in [3.8, 4) is 0 Å². The van der Waals surface area contributed by atoms with Gasteiger partial charge in [-0.3, -0.25) is 4.90 Å². The first kappa shape index (κ1) is 12.5. The molecule has 1 unspecified atom stereocenters. The van der Waals surface area contributed by atoms with Crippen molar-refractivity contribution in [1.29, 1.82) is 0 Å². The van der Waals surface area contributed by atoms with Crippen LogP contribution in [0.5, 0.6) is 0 Å². The minimum atomic E-state index is 0.335. The second-order valence-electron chi connectivity index (χ2n) is 4.12. The maximum Gasteiger partial charge on any atom is 0.0826 e. The van der Waals surface area contributed by atoms with E-state index in [1.54, 1.807) is 11.3 Å². The Morgan fingerprint density at radius 3 is 3.19 bits per heavy atom. The molecule has 1 aromatic heterocycles. The number of hydrogen-bond acceptors (Lipinski definition) is 4. The van der Waals surface area contributed by atoms with E-state index < -0.39 is 0 Å². The Morgan fingerprint density at radius 1 is 1.69 bits per heavy atom. The molecule has 0 saturated carbocycles. The Morgan fingerprint density at radius 2 is 2.56 bits per heavy atom. The normalized spacial score (nSPS) is 21.6. The first-order chi connectivity index (χ1) is 7.74. The summed E-state index contributed by atoms with van der Waals surface area (Å²) < 4.78 is 6.86. The summed E-state index contributed by atoms with van der Waals surface area (Å²) in [6.45, 7) is 4.78. The van der Waals surface area contributed by atoms with Gasteiger partial charge in [-0.2, -0.15) is 0 Å². The molecule has 2 rings (SSSR count). The molecule has 1 saturated heterocycles. The van der Waals surface area contributed by atoms with E-state index in [2.05, 4.69) is 44.6 Å². The molecule has 5 heteroatoms. The summed E-state index contributed by atoms with van der Waals surface area (Å²) in [7, 11) is 2.14. The van der Waals surface area contributed by atoms with Gasteiger partial charge in [0, 0.05) is 40.9 Å². The molecule has 1 atom stereocenters. The Balaban J connectivity index is 1.77. The molecule has 0 amide bonds. The zero-order valence-corrected chi connectivity index (χ0v) is 11.8. The molecule has 0 spiro atoms. The van der Waals surface area contributed by atoms with Gasteiger partial charge in [0.15, 0.2) is 0 Å². The molecule has 1 aromatic rings. The smallest absolute Gasteiger partial charge is 0.0826 e. The lowest BCUT2D eigenvalue weighted by molar-refractivity contribution is 0.00899. The van der Waals surface area contributed by atoms with Gasteiger partial charge in [0.2, 0.25) is 0 Å². The zero-order chi connectivity index (χ0) is 11.4. The monoisotopic (exact) mass is 304 g/mol. The van der Waals surface area contributed by atoms with Crippen molar-refractivity contribution in [1.82, 2.24) is 10.2 Å². The van der Waals surface area contributed by atoms with Crippen LogP contribution in [0.4, 0.5) is 0 Å². The van der Waals surface area contributed by atoms with Crippen LogP contribution in [0.2, 0.25) is 0 Å². The number of thiophene rings is 1. The van der Waals surface area contributed by atoms with Crippen molar-refractivity contribution in [2.24, 2.45) is 0 Å². The lowest BCUT2D eigenvalue weighted by atomic mass is 10.3. The van der Waals surface area contributed by atoms with Crippen LogP contribution in [0.1, 0.15) is 4.88 Å². The summed E-state index contributed by atoms with van der Waals surface area (Å²) in [6.07, 6.45) is 0.335. The maximum atomic E-state index is 5.68. The fourth-order valence-electron chi connectivity index (χ4n) is 1.85. The third-order valence-corrected chi connectivity index (χ3v) is 4.25. The molecule has 1 N–H and O–H groups in total. The van der Waals surface area contributed by atoms with E-state index in [-0.39, 0.29) is 0 Å². The fraction of sp³-hybridized carbons (Fsp3) is 0.636. The molecule has 1 aliphatic rings. The Bertz CT molecular complexity index is 326. The molecule has 0 bridgehead atoms. The lowest BCUT2D eigenvalue weighted by Gasteiger charge is -2.27. The maximum absolute atomic E-state index is 5.68. The van der Waals surface area contributed by atoms with Gasteiger partial charge < -0.3 is 10.1 Å². The van der Waals surface area contributed by atoms with Gasteiger partial charge in [0.05, 0.1) is 12.7 Å². The van der Waals surface area contributed by atoms with Gasteiger partial charge in [-0.1, -0.05) is 0 Å². The number of nitrogens with zero attached hydrogens (tertiary/aromatic N) is 1. The van der Waals surface area contributed by atoms with Gasteiger partial charge in [0.1, 0.15) is 0 Å². The highest BCUT2D eigenvalue weighted by Gasteiger charge is 2.15. The molecule has 90 valence electrons. The number of likely N-dealkylation sites (N-methyl/N-ethyl adjacent to an activating group) is 1. The van der Waals surface area contributed by atoms with Crippen molar-refractivity contribution in [3.05, 3.63) is 20.8 Å². The zero-order valence-electron chi connectivity index (χ0n) is 9.41. The van der Waals surface area contributed by atoms with E-state index in [9.17, 15) is 0 Å². The van der Waals surface area contributed by atoms with E-state index in [1.807, 2.05) is 0 Å². The second-order valence-corrected chi connectivity index (χ2v) is 6.04. The SMILES string of the molecule is CN(Cc1cc(Br)cs1)CC1CNCCO1. The number of hydrogen-bond donors (Lipinski definition) is 1. The van der Waals surface area contributed by atoms with Gasteiger partial charge in [0.25, 0.3) is 0 Å². The molecular formula is C11H17BrN2OS. The average molecular weight is 305 g/mol. The summed E-state index contributed by atoms with van der Waals surface area (Å²) >= 11 is 5.27. The standard InChI is InChI=1S/C11H17BrN2OS/c1-14(6-10-5-13-2-3-15-10)7-11-4-9(12)8-16-11/h4,8,10,13H,2-3,5-7H2,1H3. The third-order valence-electron chi connectivity index (χ3n) is 2.57. The predicted octanol–water partition coefficient (Wildman–Crippen LogP) is 1.93. The first-order valence-electron chi connectivity index (χ1n) is 5.48. The highest BCUT2D eigenvalue weighted by Crippen LogP contribution is 2.20. The Kier molecular flexibility index (Phi) is 4.79. The number of nitrogens with one attached hydrogen (secondary N) is 1. The van der Waals surface area contributed by atoms with Gasteiger partial charge in [-0.25, -0.2) is 0 Å². The molecule has 1 fully saturated rings. The van der Waals surface area contributed by atoms with Crippen LogP contribution in [0, 0.1) is 0 Å². The molecule has 16 heavy (non-hydrogen) atoms. The largest absolute Gasteiger partial charge is 0.374 e. The molecule has 1 aliphatic heterocycles. The summed E-state index contributed by atoms with van der Waals surface area (Å²) in [5.74, 6) is 0. The minimum Gasteiger partial charge on any atom is -0.374 e. The highest BCUT2D eigenvalue weighted by molar-refractivity contribution is 9.10. The highest BCUT2D eigenvalue weighted by atomic mass is 79.9. The molecule has 3 nitrogen and oxygen atoms in total. The topological polar surface area (TPSA) is 24.5 Å². The summed E-state index contributed by atoms with van der Waals surface area (Å²) in [6, 6.07) is 2.18. The van der Waals surface area contributed by atoms with Gasteiger partial charge in [-0.15, -0.1) is 11.3 Å². The molecule has 0 aliphatic carbocycles. The summed E-state index contributed by atoms with van der Waals surface area (Å²) in [5, 5.41) is 5.48. The van der Waals surface area contributed by atoms with Crippen molar-refractivity contribution < 1.29 is 4.74 Å². The number of halogens is 1. The fourth-order valence-corrected chi connectivity index (χ4v) is 3.38. The molecule has 0 aromatic carbocycles. The molecule has 0 radical (unpaired) electrons. The van der Waals surface area contributed by atoms with E-state index in [0.717, 1.165) is 32.8 Å². The van der Waals surface area contributed by atoms with Gasteiger partial charge >= 0.3 is 0 Å². The van der Waals surface area contributed by atoms with E-state index >= 15 is 0 Å². The lowest BCUT2D eigenvalue weighted by Crippen LogP contribution is -2.44. The minimum absolute atomic E-state index is 0.335. The van der Waals surface area contributed by atoms with E-state index in [4.69, 9.17) is 4.74 Å². The van der Waals surface area contributed by atoms with Crippen LogP contribution in [0.3, 0.4) is 0 Å². The van der Waals surface area contributed by atoms with Crippen LogP contribution in [-0.4, -0.2) is 44.3 Å². The van der Waals surface area contributed by atoms with Crippen LogP contribution in [-0.2, 0) is 11.3 Å². The summed E-state index contributed by atoms with van der Waals surface area (Å²) in [5.41, 5.74) is 0. The Labute approximate surface area is 109 Å². The molecule has 2 heterocycles. The van der Waals surface area contributed by atoms with Crippen molar-refractivity contribution in [2.45, 2.75) is 12.6 Å². The number of morpholine rings is 1. The first-order valence-corrected chi connectivity index (χ1v) is 7.15. The van der Waals surface area contributed by atoms with Crippen LogP contribution >= 0.6 is 27.3 Å². The number of rotatable bonds is 4. The third kappa shape index (κ3) is 3.82. The molecular weight excluding hydrogens is 288 g/mol. The second kappa shape index (κ2) is 6.12. The quantitative estimate of drug-likeness (QED) is 0.920. The Hall–Kier alpha value is 0.0600. The van der Waals surface area contributed by atoms with Crippen molar-refractivity contribution in [3.63, 3.8) is 0 Å². The van der Waals surface area contributed by atoms with E-state index in [1.165, 1.54) is 9.35 Å². The van der Waals surface area contributed by atoms with Crippen LogP contribution < -0.4 is 5.32 Å². The van der Waals surface area contributed by atoms with E-state index in [0.29, 0.717) is 6.10 Å². The predicted molar refractivity (Wildman–Crippen MR) is 71.0 cm³/mol.